The topological polar surface area (TPSA) is 105 Å². The van der Waals surface area contributed by atoms with E-state index in [1.165, 1.54) is 18.7 Å². The second kappa shape index (κ2) is 7.35. The summed E-state index contributed by atoms with van der Waals surface area (Å²) in [6.07, 6.45) is 0. The van der Waals surface area contributed by atoms with Crippen molar-refractivity contribution in [2.24, 2.45) is 5.73 Å². The molecule has 4 N–H and O–H groups in total. The van der Waals surface area contributed by atoms with Crippen molar-refractivity contribution in [1.29, 1.82) is 0 Å². The fourth-order valence-corrected chi connectivity index (χ4v) is 3.28. The number of hydrogen-bond donors (Lipinski definition) is 3. The lowest BCUT2D eigenvalue weighted by atomic mass is 10.1. The van der Waals surface area contributed by atoms with Crippen molar-refractivity contribution in [3.05, 3.63) is 46.8 Å². The van der Waals surface area contributed by atoms with Gasteiger partial charge in [-0.05, 0) is 38.5 Å². The van der Waals surface area contributed by atoms with Gasteiger partial charge in [0.25, 0.3) is 5.91 Å². The number of aromatic nitrogens is 1. The molecule has 0 aliphatic rings. The van der Waals surface area contributed by atoms with Gasteiger partial charge < -0.3 is 16.0 Å². The molecule has 0 bridgehead atoms. The molecule has 0 aliphatic carbocycles. The molecule has 126 valence electrons. The number of Topliss-reactive ketones (excluding diaryl/α,β-unsaturated/α-hetero) is 1. The van der Waals surface area contributed by atoms with Crippen LogP contribution in [0.15, 0.2) is 29.2 Å². The van der Waals surface area contributed by atoms with Crippen molar-refractivity contribution in [2.75, 3.05) is 11.1 Å². The van der Waals surface area contributed by atoms with Crippen LogP contribution in [0.1, 0.15) is 39.0 Å². The lowest BCUT2D eigenvalue weighted by Crippen LogP contribution is -2.15. The largest absolute Gasteiger partial charge is 0.369 e. The molecule has 0 unspecified atom stereocenters. The predicted molar refractivity (Wildman–Crippen MR) is 94.6 cm³/mol. The Morgan fingerprint density at radius 3 is 2.46 bits per heavy atom. The lowest BCUT2D eigenvalue weighted by Gasteiger charge is -2.10. The lowest BCUT2D eigenvalue weighted by molar-refractivity contribution is -0.115. The van der Waals surface area contributed by atoms with Crippen LogP contribution < -0.4 is 11.1 Å². The van der Waals surface area contributed by atoms with Crippen LogP contribution in [-0.2, 0) is 4.79 Å². The number of rotatable bonds is 6. The van der Waals surface area contributed by atoms with E-state index in [9.17, 15) is 14.4 Å². The number of aromatic amines is 1. The van der Waals surface area contributed by atoms with Crippen LogP contribution in [0.2, 0.25) is 0 Å². The second-order valence-electron chi connectivity index (χ2n) is 5.39. The van der Waals surface area contributed by atoms with Crippen LogP contribution in [0, 0.1) is 13.8 Å². The quantitative estimate of drug-likeness (QED) is 0.553. The molecule has 0 saturated heterocycles. The fraction of sp³-hybridized carbons (Fsp3) is 0.235. The maximum absolute atomic E-state index is 12.6. The van der Waals surface area contributed by atoms with Gasteiger partial charge in [0.05, 0.1) is 11.4 Å². The number of nitrogens with one attached hydrogen (secondary N) is 2. The van der Waals surface area contributed by atoms with Crippen molar-refractivity contribution in [3.63, 3.8) is 0 Å². The molecule has 2 aromatic rings. The number of anilines is 1. The molecule has 1 aromatic carbocycles. The number of carbonyl (C=O) groups is 3. The molecular formula is C17H19N3O3S. The third-order valence-electron chi connectivity index (χ3n) is 3.52. The number of amides is 2. The molecule has 0 fully saturated rings. The van der Waals surface area contributed by atoms with E-state index in [4.69, 9.17) is 5.73 Å². The van der Waals surface area contributed by atoms with Gasteiger partial charge in [-0.2, -0.15) is 0 Å². The average molecular weight is 345 g/mol. The molecule has 6 nitrogen and oxygen atoms in total. The summed E-state index contributed by atoms with van der Waals surface area (Å²) in [5, 5.41) is 2.82. The van der Waals surface area contributed by atoms with Crippen molar-refractivity contribution >= 4 is 35.0 Å². The van der Waals surface area contributed by atoms with Crippen LogP contribution in [-0.4, -0.2) is 28.3 Å². The monoisotopic (exact) mass is 345 g/mol. The van der Waals surface area contributed by atoms with Gasteiger partial charge in [0.1, 0.15) is 5.69 Å². The SMILES string of the molecule is CC(=O)c1c(C)[nH]c(C(=O)Nc2ccccc2SCC(N)=O)c1C. The smallest absolute Gasteiger partial charge is 0.272 e. The number of para-hydroxylation sites is 1. The molecule has 1 heterocycles. The number of carbonyl (C=O) groups excluding carboxylic acids is 3. The van der Waals surface area contributed by atoms with Gasteiger partial charge >= 0.3 is 0 Å². The van der Waals surface area contributed by atoms with Crippen LogP contribution in [0.3, 0.4) is 0 Å². The minimum Gasteiger partial charge on any atom is -0.369 e. The van der Waals surface area contributed by atoms with Crippen molar-refractivity contribution in [1.82, 2.24) is 4.98 Å². The van der Waals surface area contributed by atoms with E-state index in [-0.39, 0.29) is 17.4 Å². The molecule has 1 aromatic heterocycles. The van der Waals surface area contributed by atoms with Gasteiger partial charge in [-0.3, -0.25) is 14.4 Å². The first-order valence-electron chi connectivity index (χ1n) is 7.32. The highest BCUT2D eigenvalue weighted by atomic mass is 32.2. The summed E-state index contributed by atoms with van der Waals surface area (Å²) in [6, 6.07) is 7.16. The molecule has 7 heteroatoms. The highest BCUT2D eigenvalue weighted by molar-refractivity contribution is 8.00. The summed E-state index contributed by atoms with van der Waals surface area (Å²) in [4.78, 5) is 38.9. The van der Waals surface area contributed by atoms with Crippen molar-refractivity contribution in [2.45, 2.75) is 25.7 Å². The van der Waals surface area contributed by atoms with E-state index in [1.54, 1.807) is 32.0 Å². The summed E-state index contributed by atoms with van der Waals surface area (Å²) in [7, 11) is 0. The summed E-state index contributed by atoms with van der Waals surface area (Å²) in [5.74, 6) is -0.724. The van der Waals surface area contributed by atoms with Crippen LogP contribution in [0.25, 0.3) is 0 Å². The Hall–Kier alpha value is -2.54. The zero-order valence-electron chi connectivity index (χ0n) is 13.7. The summed E-state index contributed by atoms with van der Waals surface area (Å²) < 4.78 is 0. The number of benzene rings is 1. The number of primary amides is 1. The Bertz CT molecular complexity index is 811. The molecule has 0 radical (unpaired) electrons. The van der Waals surface area contributed by atoms with E-state index in [0.29, 0.717) is 28.2 Å². The number of aryl methyl sites for hydroxylation is 1. The van der Waals surface area contributed by atoms with E-state index >= 15 is 0 Å². The zero-order chi connectivity index (χ0) is 17.9. The second-order valence-corrected chi connectivity index (χ2v) is 6.40. The minimum absolute atomic E-state index is 0.0855. The normalized spacial score (nSPS) is 10.5. The van der Waals surface area contributed by atoms with Crippen LogP contribution in [0.4, 0.5) is 5.69 Å². The van der Waals surface area contributed by atoms with E-state index in [1.807, 2.05) is 6.07 Å². The van der Waals surface area contributed by atoms with Gasteiger partial charge in [-0.15, -0.1) is 11.8 Å². The zero-order valence-corrected chi connectivity index (χ0v) is 14.5. The predicted octanol–water partition coefficient (Wildman–Crippen LogP) is 2.66. The molecule has 0 atom stereocenters. The molecule has 2 rings (SSSR count). The highest BCUT2D eigenvalue weighted by Gasteiger charge is 2.20. The van der Waals surface area contributed by atoms with Gasteiger partial charge in [-0.25, -0.2) is 0 Å². The van der Waals surface area contributed by atoms with E-state index in [2.05, 4.69) is 10.3 Å². The van der Waals surface area contributed by atoms with E-state index < -0.39 is 5.91 Å². The summed E-state index contributed by atoms with van der Waals surface area (Å²) >= 11 is 1.26. The summed E-state index contributed by atoms with van der Waals surface area (Å²) in [6.45, 7) is 4.97. The van der Waals surface area contributed by atoms with Gasteiger partial charge in [0.2, 0.25) is 5.91 Å². The third-order valence-corrected chi connectivity index (χ3v) is 4.62. The molecule has 0 aliphatic heterocycles. The number of ketones is 1. The Labute approximate surface area is 144 Å². The molecule has 0 saturated carbocycles. The minimum atomic E-state index is -0.428. The number of thioether (sulfide) groups is 1. The Morgan fingerprint density at radius 1 is 1.21 bits per heavy atom. The maximum Gasteiger partial charge on any atom is 0.272 e. The molecule has 0 spiro atoms. The standard InChI is InChI=1S/C17H19N3O3S/c1-9-15(11(3)21)10(2)19-16(9)17(23)20-12-6-4-5-7-13(12)24-8-14(18)22/h4-7,19H,8H2,1-3H3,(H2,18,22)(H,20,23). The third kappa shape index (κ3) is 3.86. The van der Waals surface area contributed by atoms with Crippen LogP contribution in [0.5, 0.6) is 0 Å². The van der Waals surface area contributed by atoms with Crippen molar-refractivity contribution < 1.29 is 14.4 Å². The van der Waals surface area contributed by atoms with Gasteiger partial charge in [0.15, 0.2) is 5.78 Å². The van der Waals surface area contributed by atoms with Gasteiger partial charge in [0, 0.05) is 16.2 Å². The Morgan fingerprint density at radius 2 is 1.88 bits per heavy atom. The summed E-state index contributed by atoms with van der Waals surface area (Å²) in [5.41, 5.74) is 7.94. The highest BCUT2D eigenvalue weighted by Crippen LogP contribution is 2.28. The van der Waals surface area contributed by atoms with Crippen LogP contribution >= 0.6 is 11.8 Å². The first-order valence-corrected chi connectivity index (χ1v) is 8.31. The Balaban J connectivity index is 2.26. The fourth-order valence-electron chi connectivity index (χ4n) is 2.53. The number of hydrogen-bond acceptors (Lipinski definition) is 4. The Kier molecular flexibility index (Phi) is 5.46. The number of H-pyrrole nitrogens is 1. The number of nitrogens with two attached hydrogens (primary N) is 1. The maximum atomic E-state index is 12.6. The first-order chi connectivity index (χ1) is 11.3. The first kappa shape index (κ1) is 17.8. The van der Waals surface area contributed by atoms with E-state index in [0.717, 1.165) is 4.90 Å². The molecular weight excluding hydrogens is 326 g/mol. The molecule has 2 amide bonds. The van der Waals surface area contributed by atoms with Gasteiger partial charge in [-0.1, -0.05) is 12.1 Å². The molecule has 24 heavy (non-hydrogen) atoms. The van der Waals surface area contributed by atoms with Crippen molar-refractivity contribution in [3.8, 4) is 0 Å². The average Bonchev–Trinajstić information content (AvgIpc) is 2.81.